The molecule has 0 aromatic carbocycles. The summed E-state index contributed by atoms with van der Waals surface area (Å²) in [6.07, 6.45) is 16.5. The van der Waals surface area contributed by atoms with E-state index in [0.29, 0.717) is 0 Å². The lowest BCUT2D eigenvalue weighted by molar-refractivity contribution is 0.593. The van der Waals surface area contributed by atoms with Crippen molar-refractivity contribution in [2.75, 3.05) is 5.88 Å². The summed E-state index contributed by atoms with van der Waals surface area (Å²) in [6, 6.07) is 0. The number of allylic oxidation sites excluding steroid dienone is 2. The largest absolute Gasteiger partial charge is 0.127 e. The van der Waals surface area contributed by atoms with Gasteiger partial charge in [0.1, 0.15) is 0 Å². The van der Waals surface area contributed by atoms with E-state index in [2.05, 4.69) is 19.1 Å². The molecular formula is C13H25Cl. The van der Waals surface area contributed by atoms with Crippen molar-refractivity contribution in [3.05, 3.63) is 12.2 Å². The third kappa shape index (κ3) is 12.0. The highest BCUT2D eigenvalue weighted by Crippen LogP contribution is 2.09. The van der Waals surface area contributed by atoms with Gasteiger partial charge in [-0.2, -0.15) is 0 Å². The molecule has 0 nitrogen and oxygen atoms in total. The molecule has 0 amide bonds. The van der Waals surface area contributed by atoms with Gasteiger partial charge in [0.25, 0.3) is 0 Å². The van der Waals surface area contributed by atoms with E-state index in [4.69, 9.17) is 11.6 Å². The van der Waals surface area contributed by atoms with Crippen LogP contribution in [0, 0.1) is 0 Å². The highest BCUT2D eigenvalue weighted by Gasteiger charge is 1.90. The smallest absolute Gasteiger partial charge is 0.0223 e. The topological polar surface area (TPSA) is 0 Å². The zero-order valence-electron chi connectivity index (χ0n) is 9.60. The highest BCUT2D eigenvalue weighted by atomic mass is 35.5. The quantitative estimate of drug-likeness (QED) is 0.264. The molecule has 0 aliphatic rings. The summed E-state index contributed by atoms with van der Waals surface area (Å²) in [7, 11) is 0. The van der Waals surface area contributed by atoms with E-state index < -0.39 is 0 Å². The minimum Gasteiger partial charge on any atom is -0.127 e. The Bertz CT molecular complexity index is 118. The van der Waals surface area contributed by atoms with Gasteiger partial charge in [0.2, 0.25) is 0 Å². The Kier molecular flexibility index (Phi) is 13.1. The molecule has 1 heteroatoms. The zero-order valence-corrected chi connectivity index (χ0v) is 10.4. The van der Waals surface area contributed by atoms with Crippen molar-refractivity contribution in [1.82, 2.24) is 0 Å². The van der Waals surface area contributed by atoms with Crippen molar-refractivity contribution in [3.63, 3.8) is 0 Å². The fourth-order valence-corrected chi connectivity index (χ4v) is 1.71. The van der Waals surface area contributed by atoms with Gasteiger partial charge >= 0.3 is 0 Å². The van der Waals surface area contributed by atoms with E-state index in [-0.39, 0.29) is 0 Å². The van der Waals surface area contributed by atoms with Crippen molar-refractivity contribution in [2.24, 2.45) is 0 Å². The van der Waals surface area contributed by atoms with Crippen LogP contribution < -0.4 is 0 Å². The molecule has 0 aromatic heterocycles. The Labute approximate surface area is 94.7 Å². The monoisotopic (exact) mass is 216 g/mol. The fraction of sp³-hybridized carbons (Fsp3) is 0.846. The van der Waals surface area contributed by atoms with E-state index in [1.54, 1.807) is 0 Å². The number of unbranched alkanes of at least 4 members (excludes halogenated alkanes) is 7. The average molecular weight is 217 g/mol. The van der Waals surface area contributed by atoms with E-state index in [0.717, 1.165) is 5.88 Å². The second-order valence-electron chi connectivity index (χ2n) is 3.83. The molecule has 0 aliphatic heterocycles. The molecule has 0 bridgehead atoms. The SMILES string of the molecule is CC/C=C/CCCCCCCCCCl. The van der Waals surface area contributed by atoms with Crippen LogP contribution in [0.4, 0.5) is 0 Å². The first kappa shape index (κ1) is 14.0. The molecule has 0 aliphatic carbocycles. The van der Waals surface area contributed by atoms with Gasteiger partial charge in [0.05, 0.1) is 0 Å². The number of hydrogen-bond acceptors (Lipinski definition) is 0. The summed E-state index contributed by atoms with van der Waals surface area (Å²) in [5, 5.41) is 0. The van der Waals surface area contributed by atoms with Gasteiger partial charge < -0.3 is 0 Å². The Balaban J connectivity index is 2.88. The third-order valence-corrected chi connectivity index (χ3v) is 2.67. The van der Waals surface area contributed by atoms with Gasteiger partial charge in [0.15, 0.2) is 0 Å². The van der Waals surface area contributed by atoms with Gasteiger partial charge in [-0.1, -0.05) is 51.2 Å². The highest BCUT2D eigenvalue weighted by molar-refractivity contribution is 6.17. The average Bonchev–Trinajstić information content (AvgIpc) is 2.21. The predicted octanol–water partition coefficient (Wildman–Crippen LogP) is 5.31. The van der Waals surface area contributed by atoms with E-state index in [1.807, 2.05) is 0 Å². The van der Waals surface area contributed by atoms with Crippen LogP contribution >= 0.6 is 11.6 Å². The lowest BCUT2D eigenvalue weighted by Gasteiger charge is -1.99. The van der Waals surface area contributed by atoms with Gasteiger partial charge in [0, 0.05) is 5.88 Å². The van der Waals surface area contributed by atoms with Crippen molar-refractivity contribution >= 4 is 11.6 Å². The van der Waals surface area contributed by atoms with E-state index >= 15 is 0 Å². The van der Waals surface area contributed by atoms with Crippen LogP contribution in [-0.4, -0.2) is 5.88 Å². The van der Waals surface area contributed by atoms with Crippen LogP contribution in [-0.2, 0) is 0 Å². The van der Waals surface area contributed by atoms with Gasteiger partial charge in [-0.25, -0.2) is 0 Å². The van der Waals surface area contributed by atoms with Crippen LogP contribution in [0.2, 0.25) is 0 Å². The molecule has 0 spiro atoms. The van der Waals surface area contributed by atoms with Gasteiger partial charge in [-0.3, -0.25) is 0 Å². The second-order valence-corrected chi connectivity index (χ2v) is 4.21. The van der Waals surface area contributed by atoms with Crippen LogP contribution in [0.5, 0.6) is 0 Å². The van der Waals surface area contributed by atoms with Crippen molar-refractivity contribution in [3.8, 4) is 0 Å². The van der Waals surface area contributed by atoms with Crippen LogP contribution in [0.3, 0.4) is 0 Å². The molecule has 14 heavy (non-hydrogen) atoms. The number of alkyl halides is 1. The molecule has 0 aromatic rings. The summed E-state index contributed by atoms with van der Waals surface area (Å²) in [4.78, 5) is 0. The molecule has 84 valence electrons. The molecule has 0 heterocycles. The fourth-order valence-electron chi connectivity index (χ4n) is 1.53. The standard InChI is InChI=1S/C13H25Cl/c1-2-3-4-5-6-7-8-9-10-11-12-13-14/h3-4H,2,5-13H2,1H3/b4-3+. The number of hydrogen-bond donors (Lipinski definition) is 0. The normalized spacial score (nSPS) is 11.3. The zero-order chi connectivity index (χ0) is 10.5. The first-order valence-electron chi connectivity index (χ1n) is 6.12. The number of halogens is 1. The van der Waals surface area contributed by atoms with Crippen LogP contribution in [0.15, 0.2) is 12.2 Å². The van der Waals surface area contributed by atoms with Crippen molar-refractivity contribution in [2.45, 2.75) is 64.7 Å². The molecular weight excluding hydrogens is 192 g/mol. The summed E-state index contributed by atoms with van der Waals surface area (Å²) in [6.45, 7) is 2.19. The summed E-state index contributed by atoms with van der Waals surface area (Å²) in [5.74, 6) is 0.835. The van der Waals surface area contributed by atoms with Crippen molar-refractivity contribution < 1.29 is 0 Å². The minimum absolute atomic E-state index is 0.835. The molecule has 0 saturated carbocycles. The Morgan fingerprint density at radius 2 is 1.36 bits per heavy atom. The maximum atomic E-state index is 5.60. The molecule has 0 rings (SSSR count). The maximum absolute atomic E-state index is 5.60. The first-order valence-corrected chi connectivity index (χ1v) is 6.66. The van der Waals surface area contributed by atoms with E-state index in [9.17, 15) is 0 Å². The first-order chi connectivity index (χ1) is 6.91. The lowest BCUT2D eigenvalue weighted by Crippen LogP contribution is -1.81. The predicted molar refractivity (Wildman–Crippen MR) is 67.1 cm³/mol. The molecule has 0 saturated heterocycles. The molecule has 0 radical (unpaired) electrons. The molecule has 0 N–H and O–H groups in total. The molecule has 0 fully saturated rings. The number of rotatable bonds is 10. The molecule has 0 atom stereocenters. The third-order valence-electron chi connectivity index (χ3n) is 2.41. The minimum atomic E-state index is 0.835. The second kappa shape index (κ2) is 13.0. The summed E-state index contributed by atoms with van der Waals surface area (Å²) < 4.78 is 0. The Morgan fingerprint density at radius 1 is 0.786 bits per heavy atom. The van der Waals surface area contributed by atoms with Crippen LogP contribution in [0.25, 0.3) is 0 Å². The Hall–Kier alpha value is 0.0300. The summed E-state index contributed by atoms with van der Waals surface area (Å²) in [5.41, 5.74) is 0. The van der Waals surface area contributed by atoms with Gasteiger partial charge in [-0.05, 0) is 25.7 Å². The molecule has 0 unspecified atom stereocenters. The van der Waals surface area contributed by atoms with Crippen molar-refractivity contribution in [1.29, 1.82) is 0 Å². The van der Waals surface area contributed by atoms with E-state index in [1.165, 1.54) is 57.8 Å². The Morgan fingerprint density at radius 3 is 1.93 bits per heavy atom. The van der Waals surface area contributed by atoms with Gasteiger partial charge in [-0.15, -0.1) is 11.6 Å². The maximum Gasteiger partial charge on any atom is 0.0223 e. The summed E-state index contributed by atoms with van der Waals surface area (Å²) >= 11 is 5.60. The van der Waals surface area contributed by atoms with Crippen LogP contribution in [0.1, 0.15) is 64.7 Å². The lowest BCUT2D eigenvalue weighted by atomic mass is 10.1.